The van der Waals surface area contributed by atoms with E-state index in [1.807, 2.05) is 24.8 Å². The Morgan fingerprint density at radius 2 is 1.97 bits per heavy atom. The number of hydrazine groups is 2. The number of ether oxygens (including phenoxy) is 1. The van der Waals surface area contributed by atoms with Crippen molar-refractivity contribution in [3.8, 4) is 6.07 Å². The van der Waals surface area contributed by atoms with Crippen molar-refractivity contribution in [1.82, 2.24) is 30.9 Å². The smallest absolute Gasteiger partial charge is 0.285 e. The number of nitriles is 1. The van der Waals surface area contributed by atoms with Crippen LogP contribution in [0.15, 0.2) is 34.3 Å². The largest absolute Gasteiger partial charge is 0.372 e. The number of allylic oxidation sites excluding steroid dienone is 2. The van der Waals surface area contributed by atoms with E-state index < -0.39 is 33.1 Å². The second-order valence-corrected chi connectivity index (χ2v) is 11.7. The molecule has 0 bridgehead atoms. The second kappa shape index (κ2) is 9.72. The summed E-state index contributed by atoms with van der Waals surface area (Å²) in [5.41, 5.74) is 4.44. The quantitative estimate of drug-likeness (QED) is 0.205. The molecule has 0 saturated carbocycles. The predicted molar refractivity (Wildman–Crippen MR) is 130 cm³/mol. The van der Waals surface area contributed by atoms with Gasteiger partial charge in [0.2, 0.25) is 10.0 Å². The molecular weight excluding hydrogens is 516 g/mol. The lowest BCUT2D eigenvalue weighted by molar-refractivity contribution is -0.102. The number of alkyl halides is 2. The maximum atomic E-state index is 13.5. The van der Waals surface area contributed by atoms with E-state index in [-0.39, 0.29) is 51.8 Å². The Balaban J connectivity index is 1.75. The minimum Gasteiger partial charge on any atom is -0.372 e. The van der Waals surface area contributed by atoms with Gasteiger partial charge in [0.15, 0.2) is 5.54 Å². The molecule has 2 saturated heterocycles. The molecule has 4 aliphatic heterocycles. The number of sulfonamides is 1. The van der Waals surface area contributed by atoms with Crippen LogP contribution in [0.4, 0.5) is 8.78 Å². The molecule has 16 heteroatoms. The number of nitrogens with zero attached hydrogens (tertiary/aromatic N) is 3. The van der Waals surface area contributed by atoms with Gasteiger partial charge >= 0.3 is 0 Å². The molecule has 2 fully saturated rings. The Morgan fingerprint density at radius 3 is 2.50 bits per heavy atom. The van der Waals surface area contributed by atoms with E-state index in [0.717, 1.165) is 0 Å². The number of rotatable bonds is 6. The van der Waals surface area contributed by atoms with E-state index in [4.69, 9.17) is 15.6 Å². The first-order valence-corrected chi connectivity index (χ1v) is 13.4. The standard InChI is InChI=1S/C20H27F2N9O3S2/c1-10-6-30(7-11(2)26-10)15-5-13(36(32,33)28-20(8-23)9-34-12(20)3)4-14-16(27-29-31(14)15)18(24)35-19(25)17(21)22/h4-5,10-12,17,24-29H,6-7,9H2,1-3H3/t10-,11-,12?,20?/m0/s1. The van der Waals surface area contributed by atoms with Gasteiger partial charge in [-0.1, -0.05) is 0 Å². The number of hydrogen-bond acceptors (Lipinski definition) is 12. The molecule has 0 aromatic rings. The Hall–Kier alpha value is -2.55. The Kier molecular flexibility index (Phi) is 7.16. The fraction of sp³-hybridized carbons (Fsp3) is 0.550. The van der Waals surface area contributed by atoms with Gasteiger partial charge in [-0.05, 0) is 38.6 Å². The summed E-state index contributed by atoms with van der Waals surface area (Å²) in [6.45, 7) is 6.59. The van der Waals surface area contributed by atoms with Crippen LogP contribution >= 0.6 is 11.8 Å². The van der Waals surface area contributed by atoms with Crippen molar-refractivity contribution in [3.05, 3.63) is 34.3 Å². The van der Waals surface area contributed by atoms with E-state index in [1.165, 1.54) is 17.2 Å². The summed E-state index contributed by atoms with van der Waals surface area (Å²) in [6, 6.07) is 2.18. The molecule has 36 heavy (non-hydrogen) atoms. The fourth-order valence-electron chi connectivity index (χ4n) is 4.29. The highest BCUT2D eigenvalue weighted by molar-refractivity contribution is 8.26. The van der Waals surface area contributed by atoms with Crippen LogP contribution in [0.5, 0.6) is 0 Å². The highest BCUT2D eigenvalue weighted by Gasteiger charge is 2.50. The molecule has 4 atom stereocenters. The molecule has 12 nitrogen and oxygen atoms in total. The number of halogens is 2. The van der Waals surface area contributed by atoms with Crippen molar-refractivity contribution in [1.29, 1.82) is 16.1 Å². The number of piperazine rings is 1. The SMILES string of the molecule is CC1OCC1(C#N)NS(=O)(=O)C1=CC2=C(C(=N)SC(=N)C(F)F)NNN2C(N2C[C@H](C)N[C@@H](C)C2)=C1. The lowest BCUT2D eigenvalue weighted by Gasteiger charge is -2.43. The normalized spacial score (nSPS) is 30.2. The van der Waals surface area contributed by atoms with Crippen molar-refractivity contribution < 1.29 is 21.9 Å². The third kappa shape index (κ3) is 4.86. The summed E-state index contributed by atoms with van der Waals surface area (Å²) >= 11 is 0.266. The number of fused-ring (bicyclic) bond motifs is 1. The first-order chi connectivity index (χ1) is 16.9. The first-order valence-electron chi connectivity index (χ1n) is 11.1. The van der Waals surface area contributed by atoms with E-state index in [2.05, 4.69) is 21.0 Å². The van der Waals surface area contributed by atoms with Crippen LogP contribution in [0.3, 0.4) is 0 Å². The lowest BCUT2D eigenvalue weighted by Crippen LogP contribution is -2.66. The number of hydrogen-bond donors (Lipinski definition) is 6. The molecule has 196 valence electrons. The van der Waals surface area contributed by atoms with Gasteiger partial charge < -0.3 is 15.0 Å². The minimum absolute atomic E-state index is 0.0373. The Morgan fingerprint density at radius 1 is 1.31 bits per heavy atom. The van der Waals surface area contributed by atoms with E-state index in [1.54, 1.807) is 6.92 Å². The van der Waals surface area contributed by atoms with Crippen LogP contribution < -0.4 is 21.0 Å². The zero-order chi connectivity index (χ0) is 26.4. The summed E-state index contributed by atoms with van der Waals surface area (Å²) in [7, 11) is -4.24. The first kappa shape index (κ1) is 26.5. The summed E-state index contributed by atoms with van der Waals surface area (Å²) < 4.78 is 60.4. The van der Waals surface area contributed by atoms with Gasteiger partial charge in [0.25, 0.3) is 6.43 Å². The Labute approximate surface area is 211 Å². The molecule has 4 heterocycles. The summed E-state index contributed by atoms with van der Waals surface area (Å²) in [5.74, 6) is 0.459. The second-order valence-electron chi connectivity index (χ2n) is 8.99. The third-order valence-electron chi connectivity index (χ3n) is 6.17. The zero-order valence-corrected chi connectivity index (χ0v) is 21.4. The monoisotopic (exact) mass is 543 g/mol. The van der Waals surface area contributed by atoms with Crippen molar-refractivity contribution in [2.45, 2.75) is 50.9 Å². The zero-order valence-electron chi connectivity index (χ0n) is 19.7. The molecule has 4 aliphatic rings. The molecule has 4 rings (SSSR count). The average Bonchev–Trinajstić information content (AvgIpc) is 3.24. The fourth-order valence-corrected chi connectivity index (χ4v) is 6.25. The van der Waals surface area contributed by atoms with Crippen LogP contribution in [-0.4, -0.2) is 78.3 Å². The molecule has 2 unspecified atom stereocenters. The van der Waals surface area contributed by atoms with Crippen LogP contribution in [0, 0.1) is 22.1 Å². The molecule has 6 N–H and O–H groups in total. The van der Waals surface area contributed by atoms with Crippen LogP contribution in [0.1, 0.15) is 20.8 Å². The lowest BCUT2D eigenvalue weighted by atomic mass is 9.92. The van der Waals surface area contributed by atoms with Crippen molar-refractivity contribution in [2.75, 3.05) is 19.7 Å². The summed E-state index contributed by atoms with van der Waals surface area (Å²) in [6.07, 6.45) is -0.937. The third-order valence-corrected chi connectivity index (χ3v) is 8.46. The van der Waals surface area contributed by atoms with Gasteiger partial charge in [0.1, 0.15) is 21.6 Å². The summed E-state index contributed by atoms with van der Waals surface area (Å²) in [5, 5.41) is 28.9. The van der Waals surface area contributed by atoms with Crippen LogP contribution in [0.25, 0.3) is 0 Å². The van der Waals surface area contributed by atoms with E-state index >= 15 is 0 Å². The van der Waals surface area contributed by atoms with Crippen LogP contribution in [0.2, 0.25) is 0 Å². The molecular formula is C20H27F2N9O3S2. The summed E-state index contributed by atoms with van der Waals surface area (Å²) in [4.78, 5) is 1.81. The van der Waals surface area contributed by atoms with Crippen molar-refractivity contribution in [3.63, 3.8) is 0 Å². The number of thioether (sulfide) groups is 1. The highest BCUT2D eigenvalue weighted by atomic mass is 32.2. The van der Waals surface area contributed by atoms with Crippen LogP contribution in [-0.2, 0) is 14.8 Å². The maximum absolute atomic E-state index is 13.5. The predicted octanol–water partition coefficient (Wildman–Crippen LogP) is 0.497. The molecule has 0 radical (unpaired) electrons. The number of nitrogens with one attached hydrogen (secondary N) is 6. The van der Waals surface area contributed by atoms with Gasteiger partial charge in [-0.3, -0.25) is 16.2 Å². The van der Waals surface area contributed by atoms with E-state index in [0.29, 0.717) is 18.9 Å². The molecule has 0 amide bonds. The molecule has 0 aliphatic carbocycles. The van der Waals surface area contributed by atoms with Crippen molar-refractivity contribution in [2.24, 2.45) is 0 Å². The topological polar surface area (TPSA) is 169 Å². The van der Waals surface area contributed by atoms with Gasteiger partial charge in [-0.15, -0.1) is 5.53 Å². The maximum Gasteiger partial charge on any atom is 0.285 e. The van der Waals surface area contributed by atoms with Gasteiger partial charge in [0, 0.05) is 31.2 Å². The minimum atomic E-state index is -4.24. The van der Waals surface area contributed by atoms with Gasteiger partial charge in [0.05, 0.1) is 29.4 Å². The van der Waals surface area contributed by atoms with Gasteiger partial charge in [-0.2, -0.15) is 9.98 Å². The van der Waals surface area contributed by atoms with E-state index in [9.17, 15) is 22.5 Å². The molecule has 0 spiro atoms. The Bertz CT molecular complexity index is 1200. The van der Waals surface area contributed by atoms with Gasteiger partial charge in [-0.25, -0.2) is 22.2 Å². The molecule has 0 aromatic carbocycles. The molecule has 0 aromatic heterocycles. The highest BCUT2D eigenvalue weighted by Crippen LogP contribution is 2.34. The van der Waals surface area contributed by atoms with Crippen molar-refractivity contribution >= 4 is 31.9 Å². The average molecular weight is 544 g/mol.